The fourth-order valence-electron chi connectivity index (χ4n) is 2.36. The van der Waals surface area contributed by atoms with E-state index in [9.17, 15) is 5.11 Å². The molecular formula is C13H22N4O2. The van der Waals surface area contributed by atoms with Crippen LogP contribution in [0.5, 0.6) is 0 Å². The topological polar surface area (TPSA) is 70.5 Å². The number of anilines is 2. The minimum absolute atomic E-state index is 0.269. The van der Waals surface area contributed by atoms with Gasteiger partial charge in [0.25, 0.3) is 0 Å². The number of aliphatic hydroxyl groups excluding tert-OH is 1. The summed E-state index contributed by atoms with van der Waals surface area (Å²) in [5.74, 6) is 2.68. The van der Waals surface area contributed by atoms with E-state index in [1.165, 1.54) is 0 Å². The van der Waals surface area contributed by atoms with Gasteiger partial charge < -0.3 is 20.1 Å². The highest BCUT2D eigenvalue weighted by Crippen LogP contribution is 2.25. The summed E-state index contributed by atoms with van der Waals surface area (Å²) in [5.41, 5.74) is 0. The van der Waals surface area contributed by atoms with E-state index in [0.29, 0.717) is 18.3 Å². The van der Waals surface area contributed by atoms with Crippen molar-refractivity contribution in [2.24, 2.45) is 5.92 Å². The number of hydrogen-bond acceptors (Lipinski definition) is 6. The van der Waals surface area contributed by atoms with Crippen molar-refractivity contribution in [3.8, 4) is 0 Å². The Kier molecular flexibility index (Phi) is 4.55. The summed E-state index contributed by atoms with van der Waals surface area (Å²) in [6.45, 7) is 4.01. The molecular weight excluding hydrogens is 244 g/mol. The lowest BCUT2D eigenvalue weighted by molar-refractivity contribution is 0.136. The van der Waals surface area contributed by atoms with Gasteiger partial charge in [0.1, 0.15) is 18.2 Å². The summed E-state index contributed by atoms with van der Waals surface area (Å²) >= 11 is 0. The molecule has 1 aliphatic heterocycles. The zero-order valence-electron chi connectivity index (χ0n) is 11.8. The molecule has 2 rings (SSSR count). The van der Waals surface area contributed by atoms with E-state index in [-0.39, 0.29) is 6.10 Å². The maximum atomic E-state index is 9.66. The first-order valence-electron chi connectivity index (χ1n) is 6.61. The average molecular weight is 266 g/mol. The van der Waals surface area contributed by atoms with Crippen molar-refractivity contribution in [1.82, 2.24) is 9.97 Å². The number of rotatable bonds is 5. The summed E-state index contributed by atoms with van der Waals surface area (Å²) in [6, 6.07) is 1.93. The van der Waals surface area contributed by atoms with Crippen molar-refractivity contribution >= 4 is 11.6 Å². The molecule has 0 bridgehead atoms. The standard InChI is InChI=1S/C13H22N4O2/c1-9(18)10-4-5-17(7-10)13-6-11(14-2)15-12(16-13)8-19-3/h6,9-10,18H,4-5,7-8H2,1-3H3,(H,14,15,16). The third kappa shape index (κ3) is 3.33. The number of aromatic nitrogens is 2. The Morgan fingerprint density at radius 3 is 2.95 bits per heavy atom. The first-order chi connectivity index (χ1) is 9.13. The Labute approximate surface area is 113 Å². The first kappa shape index (κ1) is 14.0. The molecule has 19 heavy (non-hydrogen) atoms. The van der Waals surface area contributed by atoms with Crippen molar-refractivity contribution in [2.45, 2.75) is 26.1 Å². The fraction of sp³-hybridized carbons (Fsp3) is 0.692. The van der Waals surface area contributed by atoms with Crippen LogP contribution >= 0.6 is 0 Å². The lowest BCUT2D eigenvalue weighted by Crippen LogP contribution is -2.25. The SMILES string of the molecule is CNc1cc(N2CCC(C(C)O)C2)nc(COC)n1. The summed E-state index contributed by atoms with van der Waals surface area (Å²) in [6.07, 6.45) is 0.727. The highest BCUT2D eigenvalue weighted by molar-refractivity contribution is 5.49. The second-order valence-electron chi connectivity index (χ2n) is 4.95. The summed E-state index contributed by atoms with van der Waals surface area (Å²) in [7, 11) is 3.47. The van der Waals surface area contributed by atoms with Gasteiger partial charge in [-0.3, -0.25) is 0 Å². The van der Waals surface area contributed by atoms with Gasteiger partial charge in [-0.25, -0.2) is 9.97 Å². The monoisotopic (exact) mass is 266 g/mol. The molecule has 1 aromatic rings. The van der Waals surface area contributed by atoms with Crippen LogP contribution in [0.1, 0.15) is 19.2 Å². The molecule has 0 spiro atoms. The molecule has 2 atom stereocenters. The van der Waals surface area contributed by atoms with Crippen molar-refractivity contribution < 1.29 is 9.84 Å². The molecule has 0 saturated carbocycles. The lowest BCUT2D eigenvalue weighted by atomic mass is 10.0. The Hall–Kier alpha value is -1.40. The maximum absolute atomic E-state index is 9.66. The molecule has 0 radical (unpaired) electrons. The molecule has 106 valence electrons. The predicted octanol–water partition coefficient (Wildman–Crippen LogP) is 0.872. The third-order valence-electron chi connectivity index (χ3n) is 3.52. The third-order valence-corrected chi connectivity index (χ3v) is 3.52. The zero-order chi connectivity index (χ0) is 13.8. The second kappa shape index (κ2) is 6.16. The summed E-state index contributed by atoms with van der Waals surface area (Å²) in [4.78, 5) is 11.1. The number of nitrogens with zero attached hydrogens (tertiary/aromatic N) is 3. The van der Waals surface area contributed by atoms with E-state index in [1.54, 1.807) is 7.11 Å². The Balaban J connectivity index is 2.17. The van der Waals surface area contributed by atoms with Crippen LogP contribution in [-0.2, 0) is 11.3 Å². The van der Waals surface area contributed by atoms with Gasteiger partial charge in [0.05, 0.1) is 6.10 Å². The predicted molar refractivity (Wildman–Crippen MR) is 74.3 cm³/mol. The number of ether oxygens (including phenoxy) is 1. The first-order valence-corrected chi connectivity index (χ1v) is 6.61. The Morgan fingerprint density at radius 2 is 2.37 bits per heavy atom. The molecule has 1 aliphatic rings. The Morgan fingerprint density at radius 1 is 1.58 bits per heavy atom. The molecule has 0 aliphatic carbocycles. The lowest BCUT2D eigenvalue weighted by Gasteiger charge is -2.19. The molecule has 0 aromatic carbocycles. The van der Waals surface area contributed by atoms with Gasteiger partial charge in [-0.2, -0.15) is 0 Å². The zero-order valence-corrected chi connectivity index (χ0v) is 11.8. The van der Waals surface area contributed by atoms with Gasteiger partial charge in [-0.15, -0.1) is 0 Å². The largest absolute Gasteiger partial charge is 0.393 e. The van der Waals surface area contributed by atoms with E-state index in [0.717, 1.165) is 31.1 Å². The van der Waals surface area contributed by atoms with Crippen LogP contribution in [0.2, 0.25) is 0 Å². The molecule has 1 aromatic heterocycles. The molecule has 2 unspecified atom stereocenters. The van der Waals surface area contributed by atoms with Crippen LogP contribution in [0.3, 0.4) is 0 Å². The molecule has 6 nitrogen and oxygen atoms in total. The number of aliphatic hydroxyl groups is 1. The number of nitrogens with one attached hydrogen (secondary N) is 1. The quantitative estimate of drug-likeness (QED) is 0.824. The average Bonchev–Trinajstić information content (AvgIpc) is 2.88. The smallest absolute Gasteiger partial charge is 0.158 e. The maximum Gasteiger partial charge on any atom is 0.158 e. The van der Waals surface area contributed by atoms with Crippen LogP contribution in [0.4, 0.5) is 11.6 Å². The second-order valence-corrected chi connectivity index (χ2v) is 4.95. The van der Waals surface area contributed by atoms with Crippen molar-refractivity contribution in [1.29, 1.82) is 0 Å². The minimum Gasteiger partial charge on any atom is -0.393 e. The molecule has 6 heteroatoms. The van der Waals surface area contributed by atoms with E-state index >= 15 is 0 Å². The van der Waals surface area contributed by atoms with Gasteiger partial charge in [-0.1, -0.05) is 0 Å². The van der Waals surface area contributed by atoms with E-state index < -0.39 is 0 Å². The molecule has 2 heterocycles. The van der Waals surface area contributed by atoms with Crippen molar-refractivity contribution in [2.75, 3.05) is 37.5 Å². The number of methoxy groups -OCH3 is 1. The van der Waals surface area contributed by atoms with Crippen LogP contribution in [0.15, 0.2) is 6.07 Å². The summed E-state index contributed by atoms with van der Waals surface area (Å²) in [5, 5.41) is 12.7. The van der Waals surface area contributed by atoms with Crippen LogP contribution in [-0.4, -0.2) is 48.4 Å². The van der Waals surface area contributed by atoms with Crippen molar-refractivity contribution in [3.63, 3.8) is 0 Å². The van der Waals surface area contributed by atoms with E-state index in [1.807, 2.05) is 20.0 Å². The van der Waals surface area contributed by atoms with Crippen LogP contribution in [0, 0.1) is 5.92 Å². The highest BCUT2D eigenvalue weighted by Gasteiger charge is 2.27. The number of hydrogen-bond donors (Lipinski definition) is 2. The van der Waals surface area contributed by atoms with Crippen molar-refractivity contribution in [3.05, 3.63) is 11.9 Å². The summed E-state index contributed by atoms with van der Waals surface area (Å²) < 4.78 is 5.09. The molecule has 2 N–H and O–H groups in total. The van der Waals surface area contributed by atoms with Gasteiger partial charge in [0, 0.05) is 39.2 Å². The molecule has 0 amide bonds. The van der Waals surface area contributed by atoms with Gasteiger partial charge in [-0.05, 0) is 13.3 Å². The van der Waals surface area contributed by atoms with Gasteiger partial charge >= 0.3 is 0 Å². The van der Waals surface area contributed by atoms with E-state index in [4.69, 9.17) is 4.74 Å². The van der Waals surface area contributed by atoms with Crippen LogP contribution < -0.4 is 10.2 Å². The van der Waals surface area contributed by atoms with Gasteiger partial charge in [0.2, 0.25) is 0 Å². The Bertz CT molecular complexity index is 425. The minimum atomic E-state index is -0.269. The van der Waals surface area contributed by atoms with E-state index in [2.05, 4.69) is 20.2 Å². The molecule has 1 saturated heterocycles. The molecule has 1 fully saturated rings. The van der Waals surface area contributed by atoms with Crippen LogP contribution in [0.25, 0.3) is 0 Å². The fourth-order valence-corrected chi connectivity index (χ4v) is 2.36. The van der Waals surface area contributed by atoms with Gasteiger partial charge in [0.15, 0.2) is 5.82 Å². The highest BCUT2D eigenvalue weighted by atomic mass is 16.5. The normalized spacial score (nSPS) is 20.6.